The van der Waals surface area contributed by atoms with Crippen molar-refractivity contribution in [3.05, 3.63) is 0 Å². The fraction of sp³-hybridized carbons (Fsp3) is 0.933. The van der Waals surface area contributed by atoms with E-state index in [9.17, 15) is 4.79 Å². The summed E-state index contributed by atoms with van der Waals surface area (Å²) in [4.78, 5) is 17.2. The summed E-state index contributed by atoms with van der Waals surface area (Å²) in [5, 5.41) is 3.61. The number of nitrogens with zero attached hydrogens (tertiary/aromatic N) is 2. The smallest absolute Gasteiger partial charge is 0.244 e. The fourth-order valence-electron chi connectivity index (χ4n) is 3.50. The first-order valence-electron chi connectivity index (χ1n) is 7.92. The molecule has 2 aliphatic heterocycles. The molecule has 4 heteroatoms. The van der Waals surface area contributed by atoms with E-state index in [1.54, 1.807) is 0 Å². The van der Waals surface area contributed by atoms with Crippen molar-refractivity contribution in [2.45, 2.75) is 57.7 Å². The summed E-state index contributed by atoms with van der Waals surface area (Å²) >= 11 is 0. The van der Waals surface area contributed by atoms with E-state index in [4.69, 9.17) is 0 Å². The Morgan fingerprint density at radius 1 is 1.26 bits per heavy atom. The lowest BCUT2D eigenvalue weighted by atomic mass is 10.1. The van der Waals surface area contributed by atoms with Gasteiger partial charge in [0.2, 0.25) is 5.91 Å². The topological polar surface area (TPSA) is 35.6 Å². The summed E-state index contributed by atoms with van der Waals surface area (Å²) in [5.41, 5.74) is -0.148. The average Bonchev–Trinajstić information content (AvgIpc) is 2.85. The number of carbonyl (C=O) groups is 1. The zero-order valence-corrected chi connectivity index (χ0v) is 12.3. The second kappa shape index (κ2) is 5.06. The third-order valence-corrected chi connectivity index (χ3v) is 4.79. The van der Waals surface area contributed by atoms with Crippen LogP contribution in [0.1, 0.15) is 46.0 Å². The molecule has 0 aromatic heterocycles. The summed E-state index contributed by atoms with van der Waals surface area (Å²) in [5.74, 6) is 1.01. The molecule has 1 amide bonds. The molecule has 0 aromatic rings. The molecule has 3 fully saturated rings. The van der Waals surface area contributed by atoms with Gasteiger partial charge in [-0.2, -0.15) is 0 Å². The van der Waals surface area contributed by atoms with E-state index < -0.39 is 0 Å². The molecule has 0 aromatic carbocycles. The normalized spacial score (nSPS) is 29.9. The monoisotopic (exact) mass is 265 g/mol. The predicted octanol–water partition coefficient (Wildman–Crippen LogP) is 1.42. The second-order valence-electron chi connectivity index (χ2n) is 6.92. The Hall–Kier alpha value is -0.610. The van der Waals surface area contributed by atoms with E-state index in [2.05, 4.69) is 29.0 Å². The highest BCUT2D eigenvalue weighted by Gasteiger charge is 2.58. The maximum Gasteiger partial charge on any atom is 0.244 e. The van der Waals surface area contributed by atoms with Gasteiger partial charge in [0, 0.05) is 13.1 Å². The molecule has 1 saturated carbocycles. The Morgan fingerprint density at radius 2 is 1.95 bits per heavy atom. The van der Waals surface area contributed by atoms with Gasteiger partial charge < -0.3 is 9.80 Å². The Bertz CT molecular complexity index is 345. The van der Waals surface area contributed by atoms with Crippen molar-refractivity contribution in [3.63, 3.8) is 0 Å². The van der Waals surface area contributed by atoms with E-state index in [1.165, 1.54) is 25.9 Å². The molecule has 19 heavy (non-hydrogen) atoms. The molecule has 2 heterocycles. The summed E-state index contributed by atoms with van der Waals surface area (Å²) in [6.07, 6.45) is 6.09. The number of amides is 1. The van der Waals surface area contributed by atoms with E-state index in [0.717, 1.165) is 32.4 Å². The van der Waals surface area contributed by atoms with E-state index in [-0.39, 0.29) is 11.7 Å². The van der Waals surface area contributed by atoms with Crippen molar-refractivity contribution in [2.24, 2.45) is 5.92 Å². The van der Waals surface area contributed by atoms with Gasteiger partial charge in [-0.15, -0.1) is 0 Å². The van der Waals surface area contributed by atoms with Crippen LogP contribution < -0.4 is 5.32 Å². The van der Waals surface area contributed by atoms with Gasteiger partial charge in [-0.1, -0.05) is 13.8 Å². The molecule has 1 aliphatic carbocycles. The number of likely N-dealkylation sites (tertiary alicyclic amines) is 1. The van der Waals surface area contributed by atoms with Crippen molar-refractivity contribution in [1.29, 1.82) is 0 Å². The summed E-state index contributed by atoms with van der Waals surface area (Å²) in [6, 6.07) is 0. The van der Waals surface area contributed by atoms with Gasteiger partial charge in [0.05, 0.1) is 11.7 Å². The standard InChI is InChI=1S/C15H27N3O/c1-12(2)11-13-16-15(5-6-15)14(19)18(13)10-9-17-7-3-4-8-17/h12-13,16H,3-11H2,1-2H3. The molecule has 0 radical (unpaired) electrons. The van der Waals surface area contributed by atoms with Crippen LogP contribution in [0, 0.1) is 5.92 Å². The number of rotatable bonds is 5. The molecule has 2 saturated heterocycles. The molecule has 3 aliphatic rings. The Morgan fingerprint density at radius 3 is 2.53 bits per heavy atom. The lowest BCUT2D eigenvalue weighted by Gasteiger charge is -2.27. The highest BCUT2D eigenvalue weighted by molar-refractivity contribution is 5.91. The predicted molar refractivity (Wildman–Crippen MR) is 75.7 cm³/mol. The highest BCUT2D eigenvalue weighted by atomic mass is 16.2. The van der Waals surface area contributed by atoms with Crippen LogP contribution in [0.4, 0.5) is 0 Å². The first kappa shape index (κ1) is 13.4. The quantitative estimate of drug-likeness (QED) is 0.816. The third kappa shape index (κ3) is 2.65. The SMILES string of the molecule is CC(C)CC1NC2(CC2)C(=O)N1CCN1CCCC1. The molecule has 3 rings (SSSR count). The Labute approximate surface area is 116 Å². The number of carbonyl (C=O) groups excluding carboxylic acids is 1. The van der Waals surface area contributed by atoms with Crippen LogP contribution in [-0.2, 0) is 4.79 Å². The maximum atomic E-state index is 12.5. The van der Waals surface area contributed by atoms with Gasteiger partial charge in [-0.3, -0.25) is 10.1 Å². The summed E-state index contributed by atoms with van der Waals surface area (Å²) in [6.45, 7) is 8.87. The van der Waals surface area contributed by atoms with E-state index in [0.29, 0.717) is 11.8 Å². The van der Waals surface area contributed by atoms with Gasteiger partial charge >= 0.3 is 0 Å². The van der Waals surface area contributed by atoms with Crippen LogP contribution in [0.3, 0.4) is 0 Å². The summed E-state index contributed by atoms with van der Waals surface area (Å²) < 4.78 is 0. The van der Waals surface area contributed by atoms with Gasteiger partial charge in [-0.05, 0) is 51.1 Å². The largest absolute Gasteiger partial charge is 0.324 e. The minimum absolute atomic E-state index is 0.148. The van der Waals surface area contributed by atoms with Crippen molar-refractivity contribution >= 4 is 5.91 Å². The van der Waals surface area contributed by atoms with Gasteiger partial charge in [0.25, 0.3) is 0 Å². The van der Waals surface area contributed by atoms with Gasteiger partial charge in [-0.25, -0.2) is 0 Å². The number of nitrogens with one attached hydrogen (secondary N) is 1. The van der Waals surface area contributed by atoms with Crippen LogP contribution in [0.25, 0.3) is 0 Å². The molecule has 1 unspecified atom stereocenters. The van der Waals surface area contributed by atoms with Crippen molar-refractivity contribution in [3.8, 4) is 0 Å². The molecule has 1 atom stereocenters. The van der Waals surface area contributed by atoms with E-state index in [1.807, 2.05) is 0 Å². The first-order chi connectivity index (χ1) is 9.11. The minimum Gasteiger partial charge on any atom is -0.324 e. The number of hydrogen-bond donors (Lipinski definition) is 1. The van der Waals surface area contributed by atoms with Crippen molar-refractivity contribution in [2.75, 3.05) is 26.2 Å². The zero-order valence-electron chi connectivity index (χ0n) is 12.3. The molecular weight excluding hydrogens is 238 g/mol. The summed E-state index contributed by atoms with van der Waals surface area (Å²) in [7, 11) is 0. The maximum absolute atomic E-state index is 12.5. The van der Waals surface area contributed by atoms with E-state index >= 15 is 0 Å². The van der Waals surface area contributed by atoms with Crippen LogP contribution in [0.2, 0.25) is 0 Å². The van der Waals surface area contributed by atoms with Crippen LogP contribution >= 0.6 is 0 Å². The van der Waals surface area contributed by atoms with Crippen molar-refractivity contribution < 1.29 is 4.79 Å². The lowest BCUT2D eigenvalue weighted by Crippen LogP contribution is -2.42. The van der Waals surface area contributed by atoms with Crippen LogP contribution in [0.5, 0.6) is 0 Å². The minimum atomic E-state index is -0.148. The fourth-order valence-corrected chi connectivity index (χ4v) is 3.50. The van der Waals surface area contributed by atoms with Crippen LogP contribution in [0.15, 0.2) is 0 Å². The van der Waals surface area contributed by atoms with Gasteiger partial charge in [0.15, 0.2) is 0 Å². The Balaban J connectivity index is 1.60. The third-order valence-electron chi connectivity index (χ3n) is 4.79. The average molecular weight is 265 g/mol. The molecule has 0 bridgehead atoms. The molecular formula is C15H27N3O. The highest BCUT2D eigenvalue weighted by Crippen LogP contribution is 2.42. The molecule has 108 valence electrons. The van der Waals surface area contributed by atoms with Crippen molar-refractivity contribution in [1.82, 2.24) is 15.1 Å². The van der Waals surface area contributed by atoms with Gasteiger partial charge in [0.1, 0.15) is 0 Å². The number of hydrogen-bond acceptors (Lipinski definition) is 3. The molecule has 1 N–H and O–H groups in total. The van der Waals surface area contributed by atoms with Crippen LogP contribution in [-0.4, -0.2) is 53.6 Å². The first-order valence-corrected chi connectivity index (χ1v) is 7.92. The molecule has 4 nitrogen and oxygen atoms in total. The molecule has 1 spiro atoms. The second-order valence-corrected chi connectivity index (χ2v) is 6.92. The zero-order chi connectivity index (χ0) is 13.5. The Kier molecular flexibility index (Phi) is 3.56. The lowest BCUT2D eigenvalue weighted by molar-refractivity contribution is -0.131.